The van der Waals surface area contributed by atoms with Gasteiger partial charge in [0.05, 0.1) is 19.4 Å². The third kappa shape index (κ3) is 2.12. The SMILES string of the molecule is COc1cc(OC2CC2)cnc1Br. The molecule has 1 heterocycles. The van der Waals surface area contributed by atoms with Crippen LogP contribution in [0.15, 0.2) is 16.9 Å². The second-order valence-electron chi connectivity index (χ2n) is 2.98. The molecule has 13 heavy (non-hydrogen) atoms. The summed E-state index contributed by atoms with van der Waals surface area (Å²) in [5.41, 5.74) is 0. The van der Waals surface area contributed by atoms with Crippen LogP contribution in [0.1, 0.15) is 12.8 Å². The van der Waals surface area contributed by atoms with E-state index in [-0.39, 0.29) is 0 Å². The fraction of sp³-hybridized carbons (Fsp3) is 0.444. The monoisotopic (exact) mass is 243 g/mol. The van der Waals surface area contributed by atoms with Gasteiger partial charge in [-0.25, -0.2) is 4.98 Å². The molecule has 0 aromatic carbocycles. The van der Waals surface area contributed by atoms with E-state index in [2.05, 4.69) is 20.9 Å². The summed E-state index contributed by atoms with van der Waals surface area (Å²) >= 11 is 3.28. The molecule has 0 saturated heterocycles. The number of pyridine rings is 1. The van der Waals surface area contributed by atoms with Gasteiger partial charge in [-0.1, -0.05) is 0 Å². The van der Waals surface area contributed by atoms with Crippen molar-refractivity contribution >= 4 is 15.9 Å². The minimum atomic E-state index is 0.396. The Kier molecular flexibility index (Phi) is 2.40. The Hall–Kier alpha value is -0.770. The van der Waals surface area contributed by atoms with Crippen LogP contribution < -0.4 is 9.47 Å². The van der Waals surface area contributed by atoms with Crippen LogP contribution in [-0.4, -0.2) is 18.2 Å². The van der Waals surface area contributed by atoms with Gasteiger partial charge >= 0.3 is 0 Å². The van der Waals surface area contributed by atoms with Gasteiger partial charge in [0.1, 0.15) is 10.4 Å². The molecule has 1 aliphatic rings. The Morgan fingerprint density at radius 3 is 2.92 bits per heavy atom. The smallest absolute Gasteiger partial charge is 0.155 e. The lowest BCUT2D eigenvalue weighted by atomic mass is 10.4. The zero-order chi connectivity index (χ0) is 9.26. The van der Waals surface area contributed by atoms with Crippen molar-refractivity contribution in [3.05, 3.63) is 16.9 Å². The number of hydrogen-bond donors (Lipinski definition) is 0. The summed E-state index contributed by atoms with van der Waals surface area (Å²) in [7, 11) is 1.61. The van der Waals surface area contributed by atoms with E-state index in [4.69, 9.17) is 9.47 Å². The zero-order valence-electron chi connectivity index (χ0n) is 7.29. The molecule has 1 aromatic heterocycles. The van der Waals surface area contributed by atoms with Crippen LogP contribution in [0.2, 0.25) is 0 Å². The molecule has 0 unspecified atom stereocenters. The van der Waals surface area contributed by atoms with Gasteiger partial charge < -0.3 is 9.47 Å². The summed E-state index contributed by atoms with van der Waals surface area (Å²) in [5.74, 6) is 1.49. The molecule has 0 N–H and O–H groups in total. The maximum atomic E-state index is 5.56. The van der Waals surface area contributed by atoms with Crippen LogP contribution in [0.4, 0.5) is 0 Å². The molecule has 1 aromatic rings. The second-order valence-corrected chi connectivity index (χ2v) is 3.73. The molecule has 2 rings (SSSR count). The summed E-state index contributed by atoms with van der Waals surface area (Å²) in [4.78, 5) is 4.10. The Morgan fingerprint density at radius 2 is 2.31 bits per heavy atom. The number of aromatic nitrogens is 1. The molecule has 0 amide bonds. The molecule has 0 atom stereocenters. The molecule has 70 valence electrons. The van der Waals surface area contributed by atoms with Crippen LogP contribution in [0.3, 0.4) is 0 Å². The quantitative estimate of drug-likeness (QED) is 0.765. The van der Waals surface area contributed by atoms with Crippen molar-refractivity contribution < 1.29 is 9.47 Å². The first-order chi connectivity index (χ1) is 6.29. The van der Waals surface area contributed by atoms with Crippen molar-refractivity contribution in [3.8, 4) is 11.5 Å². The standard InChI is InChI=1S/C9H10BrNO2/c1-12-8-4-7(5-11-9(8)10)13-6-2-3-6/h4-6H,2-3H2,1H3. The highest BCUT2D eigenvalue weighted by Gasteiger charge is 2.23. The third-order valence-corrected chi connectivity index (χ3v) is 2.42. The van der Waals surface area contributed by atoms with Crippen molar-refractivity contribution in [2.24, 2.45) is 0 Å². The maximum Gasteiger partial charge on any atom is 0.155 e. The van der Waals surface area contributed by atoms with Crippen LogP contribution in [0.25, 0.3) is 0 Å². The van der Waals surface area contributed by atoms with E-state index < -0.39 is 0 Å². The van der Waals surface area contributed by atoms with Crippen molar-refractivity contribution in [3.63, 3.8) is 0 Å². The minimum absolute atomic E-state index is 0.396. The van der Waals surface area contributed by atoms with Gasteiger partial charge in [0, 0.05) is 6.07 Å². The summed E-state index contributed by atoms with van der Waals surface area (Å²) in [6.07, 6.45) is 4.40. The normalized spacial score (nSPS) is 15.5. The molecule has 0 radical (unpaired) electrons. The molecule has 1 fully saturated rings. The third-order valence-electron chi connectivity index (χ3n) is 1.83. The highest BCUT2D eigenvalue weighted by Crippen LogP contribution is 2.31. The summed E-state index contributed by atoms with van der Waals surface area (Å²) < 4.78 is 11.4. The lowest BCUT2D eigenvalue weighted by Gasteiger charge is -2.06. The second kappa shape index (κ2) is 3.54. The summed E-state index contributed by atoms with van der Waals surface area (Å²) in [6, 6.07) is 1.84. The molecule has 3 nitrogen and oxygen atoms in total. The molecule has 0 aliphatic heterocycles. The number of halogens is 1. The highest BCUT2D eigenvalue weighted by atomic mass is 79.9. The predicted octanol–water partition coefficient (Wildman–Crippen LogP) is 2.39. The van der Waals surface area contributed by atoms with Crippen molar-refractivity contribution in [1.82, 2.24) is 4.98 Å². The van der Waals surface area contributed by atoms with E-state index in [0.29, 0.717) is 16.5 Å². The van der Waals surface area contributed by atoms with E-state index in [1.807, 2.05) is 6.07 Å². The van der Waals surface area contributed by atoms with Gasteiger partial charge in [0.15, 0.2) is 5.75 Å². The van der Waals surface area contributed by atoms with E-state index >= 15 is 0 Å². The maximum absolute atomic E-state index is 5.56. The molecule has 4 heteroatoms. The van der Waals surface area contributed by atoms with Gasteiger partial charge in [-0.2, -0.15) is 0 Å². The number of hydrogen-bond acceptors (Lipinski definition) is 3. The molecule has 1 saturated carbocycles. The average Bonchev–Trinajstić information content (AvgIpc) is 2.92. The molecule has 0 spiro atoms. The van der Waals surface area contributed by atoms with Gasteiger partial charge in [-0.15, -0.1) is 0 Å². The number of rotatable bonds is 3. The topological polar surface area (TPSA) is 31.4 Å². The van der Waals surface area contributed by atoms with Crippen LogP contribution >= 0.6 is 15.9 Å². The van der Waals surface area contributed by atoms with E-state index in [1.54, 1.807) is 13.3 Å². The van der Waals surface area contributed by atoms with E-state index in [1.165, 1.54) is 0 Å². The fourth-order valence-corrected chi connectivity index (χ4v) is 1.37. The highest BCUT2D eigenvalue weighted by molar-refractivity contribution is 9.10. The Balaban J connectivity index is 2.16. The lowest BCUT2D eigenvalue weighted by molar-refractivity contribution is 0.299. The summed E-state index contributed by atoms with van der Waals surface area (Å²) in [5, 5.41) is 0. The van der Waals surface area contributed by atoms with Crippen LogP contribution in [0, 0.1) is 0 Å². The van der Waals surface area contributed by atoms with Crippen molar-refractivity contribution in [2.75, 3.05) is 7.11 Å². The Labute approximate surface area is 85.2 Å². The molecular formula is C9H10BrNO2. The number of ether oxygens (including phenoxy) is 2. The van der Waals surface area contributed by atoms with Crippen molar-refractivity contribution in [2.45, 2.75) is 18.9 Å². The zero-order valence-corrected chi connectivity index (χ0v) is 8.87. The lowest BCUT2D eigenvalue weighted by Crippen LogP contribution is -1.97. The number of methoxy groups -OCH3 is 1. The summed E-state index contributed by atoms with van der Waals surface area (Å²) in [6.45, 7) is 0. The van der Waals surface area contributed by atoms with Crippen molar-refractivity contribution in [1.29, 1.82) is 0 Å². The Bertz CT molecular complexity index is 312. The molecular weight excluding hydrogens is 234 g/mol. The van der Waals surface area contributed by atoms with E-state index in [9.17, 15) is 0 Å². The number of nitrogens with zero attached hydrogens (tertiary/aromatic N) is 1. The van der Waals surface area contributed by atoms with Gasteiger partial charge in [-0.3, -0.25) is 0 Å². The minimum Gasteiger partial charge on any atom is -0.494 e. The Morgan fingerprint density at radius 1 is 1.54 bits per heavy atom. The first-order valence-electron chi connectivity index (χ1n) is 4.16. The molecule has 1 aliphatic carbocycles. The van der Waals surface area contributed by atoms with Gasteiger partial charge in [0.2, 0.25) is 0 Å². The largest absolute Gasteiger partial charge is 0.494 e. The molecule has 0 bridgehead atoms. The first kappa shape index (κ1) is 8.81. The predicted molar refractivity (Wildman–Crippen MR) is 52.1 cm³/mol. The fourth-order valence-electron chi connectivity index (χ4n) is 0.996. The van der Waals surface area contributed by atoms with Gasteiger partial charge in [0.25, 0.3) is 0 Å². The average molecular weight is 244 g/mol. The van der Waals surface area contributed by atoms with Crippen LogP contribution in [0.5, 0.6) is 11.5 Å². The van der Waals surface area contributed by atoms with E-state index in [0.717, 1.165) is 18.6 Å². The van der Waals surface area contributed by atoms with Crippen LogP contribution in [-0.2, 0) is 0 Å². The van der Waals surface area contributed by atoms with Gasteiger partial charge in [-0.05, 0) is 28.8 Å². The first-order valence-corrected chi connectivity index (χ1v) is 4.95.